The lowest BCUT2D eigenvalue weighted by atomic mass is 10.3. The van der Waals surface area contributed by atoms with Gasteiger partial charge in [-0.15, -0.1) is 0 Å². The molecule has 1 fully saturated rings. The lowest BCUT2D eigenvalue weighted by molar-refractivity contribution is -0.384. The smallest absolute Gasteiger partial charge is 0.269 e. The number of thioether (sulfide) groups is 1. The highest BCUT2D eigenvalue weighted by molar-refractivity contribution is 8.00. The third kappa shape index (κ3) is 5.33. The second-order valence-electron chi connectivity index (χ2n) is 6.40. The Morgan fingerprint density at radius 1 is 1.23 bits per heavy atom. The van der Waals surface area contributed by atoms with Gasteiger partial charge < -0.3 is 10.1 Å². The Morgan fingerprint density at radius 2 is 1.90 bits per heavy atom. The fourth-order valence-electron chi connectivity index (χ4n) is 2.67. The second kappa shape index (κ2) is 9.51. The zero-order chi connectivity index (χ0) is 21.7. The SMILES string of the molecule is CC(Sc1ccc(S(=O)(=O)N2CCOCC2)cn1)C(=O)Nc1ccc([N+](=O)[O-])cc1. The van der Waals surface area contributed by atoms with E-state index >= 15 is 0 Å². The summed E-state index contributed by atoms with van der Waals surface area (Å²) in [6.07, 6.45) is 1.29. The highest BCUT2D eigenvalue weighted by atomic mass is 32.2. The van der Waals surface area contributed by atoms with Crippen molar-refractivity contribution >= 4 is 39.1 Å². The minimum absolute atomic E-state index is 0.0632. The van der Waals surface area contributed by atoms with Crippen molar-refractivity contribution in [3.05, 3.63) is 52.7 Å². The number of nitrogens with zero attached hydrogens (tertiary/aromatic N) is 3. The number of hydrogen-bond acceptors (Lipinski definition) is 8. The fourth-order valence-corrected chi connectivity index (χ4v) is 4.81. The van der Waals surface area contributed by atoms with Gasteiger partial charge in [0.2, 0.25) is 15.9 Å². The summed E-state index contributed by atoms with van der Waals surface area (Å²) >= 11 is 1.17. The number of rotatable bonds is 7. The van der Waals surface area contributed by atoms with E-state index in [0.29, 0.717) is 37.0 Å². The average Bonchev–Trinajstić information content (AvgIpc) is 2.75. The maximum atomic E-state index is 12.6. The van der Waals surface area contributed by atoms with Crippen LogP contribution < -0.4 is 5.32 Å². The number of nitro groups is 1. The Hall–Kier alpha value is -2.54. The number of nitro benzene ring substituents is 1. The van der Waals surface area contributed by atoms with Crippen LogP contribution >= 0.6 is 11.8 Å². The van der Waals surface area contributed by atoms with Gasteiger partial charge in [-0.25, -0.2) is 13.4 Å². The number of benzene rings is 1. The van der Waals surface area contributed by atoms with E-state index in [1.54, 1.807) is 13.0 Å². The van der Waals surface area contributed by atoms with Gasteiger partial charge >= 0.3 is 0 Å². The van der Waals surface area contributed by atoms with Gasteiger partial charge in [-0.1, -0.05) is 11.8 Å². The molecule has 0 bridgehead atoms. The van der Waals surface area contributed by atoms with Crippen LogP contribution in [0.5, 0.6) is 0 Å². The summed E-state index contributed by atoms with van der Waals surface area (Å²) in [5.74, 6) is -0.305. The van der Waals surface area contributed by atoms with E-state index in [9.17, 15) is 23.3 Å². The summed E-state index contributed by atoms with van der Waals surface area (Å²) in [6.45, 7) is 3.02. The molecule has 0 spiro atoms. The highest BCUT2D eigenvalue weighted by Crippen LogP contribution is 2.25. The number of amides is 1. The zero-order valence-corrected chi connectivity index (χ0v) is 17.7. The molecular weight excluding hydrogens is 432 g/mol. The summed E-state index contributed by atoms with van der Waals surface area (Å²) < 4.78 is 31.8. The van der Waals surface area contributed by atoms with E-state index in [-0.39, 0.29) is 16.5 Å². The lowest BCUT2D eigenvalue weighted by Crippen LogP contribution is -2.40. The number of non-ortho nitro benzene ring substituents is 1. The predicted molar refractivity (Wildman–Crippen MR) is 111 cm³/mol. The molecule has 1 aliphatic rings. The van der Waals surface area contributed by atoms with Crippen molar-refractivity contribution in [3.63, 3.8) is 0 Å². The average molecular weight is 453 g/mol. The highest BCUT2D eigenvalue weighted by Gasteiger charge is 2.26. The molecule has 1 amide bonds. The third-order valence-corrected chi connectivity index (χ3v) is 7.26. The monoisotopic (exact) mass is 452 g/mol. The molecule has 1 saturated heterocycles. The van der Waals surface area contributed by atoms with Crippen LogP contribution in [0.1, 0.15) is 6.92 Å². The standard InChI is InChI=1S/C18H20N4O6S2/c1-13(18(23)20-14-2-4-15(5-3-14)22(24)25)29-17-7-6-16(12-19-17)30(26,27)21-8-10-28-11-9-21/h2-7,12-13H,8-11H2,1H3,(H,20,23). The molecule has 1 atom stereocenters. The van der Waals surface area contributed by atoms with Crippen molar-refractivity contribution < 1.29 is 22.9 Å². The van der Waals surface area contributed by atoms with Gasteiger partial charge in [-0.2, -0.15) is 4.31 Å². The van der Waals surface area contributed by atoms with E-state index < -0.39 is 20.2 Å². The molecule has 12 heteroatoms. The van der Waals surface area contributed by atoms with Crippen LogP contribution in [0.25, 0.3) is 0 Å². The largest absolute Gasteiger partial charge is 0.379 e. The van der Waals surface area contributed by atoms with Crippen LogP contribution in [0.3, 0.4) is 0 Å². The Bertz CT molecular complexity index is 1010. The molecule has 0 aliphatic carbocycles. The number of ether oxygens (including phenoxy) is 1. The van der Waals surface area contributed by atoms with Crippen molar-refractivity contribution in [2.75, 3.05) is 31.6 Å². The minimum Gasteiger partial charge on any atom is -0.379 e. The molecule has 2 aromatic rings. The number of carbonyl (C=O) groups excluding carboxylic acids is 1. The molecule has 1 aromatic heterocycles. The van der Waals surface area contributed by atoms with E-state index in [0.717, 1.165) is 0 Å². The normalized spacial score (nSPS) is 16.0. The Balaban J connectivity index is 1.60. The van der Waals surface area contributed by atoms with Crippen LogP contribution in [0.2, 0.25) is 0 Å². The first-order valence-corrected chi connectivity index (χ1v) is 11.4. The quantitative estimate of drug-likeness (QED) is 0.384. The van der Waals surface area contributed by atoms with Crippen LogP contribution in [-0.4, -0.2) is 60.1 Å². The van der Waals surface area contributed by atoms with Crippen molar-refractivity contribution in [2.45, 2.75) is 22.1 Å². The Morgan fingerprint density at radius 3 is 2.47 bits per heavy atom. The summed E-state index contributed by atoms with van der Waals surface area (Å²) in [5, 5.41) is 13.3. The van der Waals surface area contributed by atoms with Crippen molar-refractivity contribution in [1.82, 2.24) is 9.29 Å². The molecule has 30 heavy (non-hydrogen) atoms. The van der Waals surface area contributed by atoms with Crippen LogP contribution in [0, 0.1) is 10.1 Å². The number of pyridine rings is 1. The summed E-state index contributed by atoms with van der Waals surface area (Å²) in [5.41, 5.74) is 0.379. The third-order valence-electron chi connectivity index (χ3n) is 4.33. The van der Waals surface area contributed by atoms with E-state index in [1.165, 1.54) is 52.6 Å². The van der Waals surface area contributed by atoms with E-state index in [4.69, 9.17) is 4.74 Å². The van der Waals surface area contributed by atoms with Crippen molar-refractivity contribution in [3.8, 4) is 0 Å². The number of aromatic nitrogens is 1. The first-order valence-electron chi connectivity index (χ1n) is 9.03. The maximum Gasteiger partial charge on any atom is 0.269 e. The topological polar surface area (TPSA) is 132 Å². The minimum atomic E-state index is -3.62. The van der Waals surface area contributed by atoms with Crippen molar-refractivity contribution in [1.29, 1.82) is 0 Å². The van der Waals surface area contributed by atoms with Gasteiger partial charge in [0.05, 0.1) is 28.4 Å². The van der Waals surface area contributed by atoms with E-state index in [1.807, 2.05) is 0 Å². The maximum absolute atomic E-state index is 12.6. The van der Waals surface area contributed by atoms with Gasteiger partial charge in [0.1, 0.15) is 4.90 Å². The van der Waals surface area contributed by atoms with Crippen molar-refractivity contribution in [2.24, 2.45) is 0 Å². The molecule has 0 saturated carbocycles. The van der Waals surface area contributed by atoms with Crippen LogP contribution in [0.4, 0.5) is 11.4 Å². The second-order valence-corrected chi connectivity index (χ2v) is 9.70. The van der Waals surface area contributed by atoms with Gasteiger partial charge in [0, 0.05) is 37.1 Å². The molecule has 10 nitrogen and oxygen atoms in total. The Kier molecular flexibility index (Phi) is 7.02. The molecule has 160 valence electrons. The Labute approximate surface area is 177 Å². The summed E-state index contributed by atoms with van der Waals surface area (Å²) in [4.78, 5) is 26.8. The van der Waals surface area contributed by atoms with Gasteiger partial charge in [-0.3, -0.25) is 14.9 Å². The number of anilines is 1. The molecule has 1 aromatic carbocycles. The van der Waals surface area contributed by atoms with Crippen LogP contribution in [0.15, 0.2) is 52.5 Å². The number of sulfonamides is 1. The number of hydrogen-bond donors (Lipinski definition) is 1. The molecule has 0 radical (unpaired) electrons. The summed E-state index contributed by atoms with van der Waals surface area (Å²) in [7, 11) is -3.62. The first kappa shape index (κ1) is 22.2. The summed E-state index contributed by atoms with van der Waals surface area (Å²) in [6, 6.07) is 8.56. The number of morpholine rings is 1. The molecule has 1 aliphatic heterocycles. The fraction of sp³-hybridized carbons (Fsp3) is 0.333. The molecule has 1 unspecified atom stereocenters. The van der Waals surface area contributed by atoms with Gasteiger partial charge in [-0.05, 0) is 31.2 Å². The molecular formula is C18H20N4O6S2. The predicted octanol–water partition coefficient (Wildman–Crippen LogP) is 2.13. The van der Waals surface area contributed by atoms with Crippen LogP contribution in [-0.2, 0) is 19.6 Å². The molecule has 1 N–H and O–H groups in total. The molecule has 3 rings (SSSR count). The number of nitrogens with one attached hydrogen (secondary N) is 1. The van der Waals surface area contributed by atoms with Gasteiger partial charge in [0.25, 0.3) is 5.69 Å². The number of carbonyl (C=O) groups is 1. The lowest BCUT2D eigenvalue weighted by Gasteiger charge is -2.25. The molecule has 2 heterocycles. The van der Waals surface area contributed by atoms with E-state index in [2.05, 4.69) is 10.3 Å². The van der Waals surface area contributed by atoms with Gasteiger partial charge in [0.15, 0.2) is 0 Å². The first-order chi connectivity index (χ1) is 14.3. The zero-order valence-electron chi connectivity index (χ0n) is 16.1.